The molecule has 0 bridgehead atoms. The van der Waals surface area contributed by atoms with Crippen LogP contribution in [0.3, 0.4) is 0 Å². The van der Waals surface area contributed by atoms with Crippen LogP contribution in [-0.4, -0.2) is 17.2 Å². The van der Waals surface area contributed by atoms with Gasteiger partial charge in [0.15, 0.2) is 0 Å². The zero-order valence-electron chi connectivity index (χ0n) is 12.4. The lowest BCUT2D eigenvalue weighted by molar-refractivity contribution is -0.163. The maximum absolute atomic E-state index is 12.1. The second-order valence-corrected chi connectivity index (χ2v) is 6.09. The lowest BCUT2D eigenvalue weighted by Crippen LogP contribution is -2.30. The first kappa shape index (κ1) is 15.7. The van der Waals surface area contributed by atoms with Gasteiger partial charge in [-0.2, -0.15) is 0 Å². The van der Waals surface area contributed by atoms with Crippen molar-refractivity contribution in [3.63, 3.8) is 0 Å². The molecule has 0 aliphatic rings. The summed E-state index contributed by atoms with van der Waals surface area (Å²) in [4.78, 5) is 12.1. The summed E-state index contributed by atoms with van der Waals surface area (Å²) in [6, 6.07) is 9.56. The number of hydrogen-bond donors (Lipinski definition) is 1. The molecular weight excluding hydrogens is 240 g/mol. The van der Waals surface area contributed by atoms with E-state index >= 15 is 0 Å². The van der Waals surface area contributed by atoms with E-state index in [1.807, 2.05) is 58.0 Å². The van der Waals surface area contributed by atoms with Crippen molar-refractivity contribution in [2.45, 2.75) is 46.8 Å². The van der Waals surface area contributed by atoms with E-state index in [0.717, 1.165) is 5.56 Å². The SMILES string of the molecule is CC(O)C(C)C(OC(=O)C(C)(C)C)c1ccccc1. The summed E-state index contributed by atoms with van der Waals surface area (Å²) in [7, 11) is 0. The Morgan fingerprint density at radius 3 is 2.11 bits per heavy atom. The lowest BCUT2D eigenvalue weighted by Gasteiger charge is -2.29. The van der Waals surface area contributed by atoms with Crippen LogP contribution in [0.1, 0.15) is 46.3 Å². The molecule has 0 aliphatic carbocycles. The fraction of sp³-hybridized carbons (Fsp3) is 0.562. The van der Waals surface area contributed by atoms with Gasteiger partial charge in [0.05, 0.1) is 11.5 Å². The minimum atomic E-state index is -0.550. The van der Waals surface area contributed by atoms with Gasteiger partial charge in [-0.3, -0.25) is 4.79 Å². The highest BCUT2D eigenvalue weighted by Gasteiger charge is 2.31. The van der Waals surface area contributed by atoms with Crippen LogP contribution < -0.4 is 0 Å². The monoisotopic (exact) mass is 264 g/mol. The van der Waals surface area contributed by atoms with Gasteiger partial charge in [-0.1, -0.05) is 37.3 Å². The van der Waals surface area contributed by atoms with E-state index in [4.69, 9.17) is 4.74 Å². The lowest BCUT2D eigenvalue weighted by atomic mass is 9.92. The Morgan fingerprint density at radius 1 is 1.16 bits per heavy atom. The number of esters is 1. The summed E-state index contributed by atoms with van der Waals surface area (Å²) in [5.41, 5.74) is 0.360. The molecule has 0 aliphatic heterocycles. The van der Waals surface area contributed by atoms with Crippen LogP contribution in [0.25, 0.3) is 0 Å². The molecule has 0 amide bonds. The Bertz CT molecular complexity index is 404. The van der Waals surface area contributed by atoms with Gasteiger partial charge in [0.25, 0.3) is 0 Å². The quantitative estimate of drug-likeness (QED) is 0.848. The van der Waals surface area contributed by atoms with Crippen molar-refractivity contribution in [1.29, 1.82) is 0 Å². The van der Waals surface area contributed by atoms with Crippen LogP contribution in [-0.2, 0) is 9.53 Å². The van der Waals surface area contributed by atoms with Crippen LogP contribution in [0, 0.1) is 11.3 Å². The maximum Gasteiger partial charge on any atom is 0.311 e. The molecular formula is C16H24O3. The molecule has 0 saturated carbocycles. The number of benzene rings is 1. The summed E-state index contributed by atoms with van der Waals surface area (Å²) in [5, 5.41) is 9.78. The summed E-state index contributed by atoms with van der Waals surface area (Å²) >= 11 is 0. The van der Waals surface area contributed by atoms with E-state index in [0.29, 0.717) is 0 Å². The van der Waals surface area contributed by atoms with Crippen molar-refractivity contribution in [2.24, 2.45) is 11.3 Å². The fourth-order valence-corrected chi connectivity index (χ4v) is 1.67. The van der Waals surface area contributed by atoms with Crippen molar-refractivity contribution in [1.82, 2.24) is 0 Å². The van der Waals surface area contributed by atoms with E-state index in [9.17, 15) is 9.90 Å². The maximum atomic E-state index is 12.1. The van der Waals surface area contributed by atoms with Crippen molar-refractivity contribution < 1.29 is 14.6 Å². The van der Waals surface area contributed by atoms with Crippen molar-refractivity contribution in [3.05, 3.63) is 35.9 Å². The second-order valence-electron chi connectivity index (χ2n) is 6.09. The molecule has 0 fully saturated rings. The predicted octanol–water partition coefficient (Wildman–Crippen LogP) is 3.33. The van der Waals surface area contributed by atoms with Crippen LogP contribution in [0.4, 0.5) is 0 Å². The highest BCUT2D eigenvalue weighted by Crippen LogP contribution is 2.31. The Labute approximate surface area is 115 Å². The van der Waals surface area contributed by atoms with Crippen LogP contribution in [0.15, 0.2) is 30.3 Å². The molecule has 0 heterocycles. The zero-order chi connectivity index (χ0) is 14.6. The number of aliphatic hydroxyl groups excluding tert-OH is 1. The van der Waals surface area contributed by atoms with E-state index in [1.54, 1.807) is 6.92 Å². The van der Waals surface area contributed by atoms with Gasteiger partial charge in [-0.25, -0.2) is 0 Å². The number of carbonyl (C=O) groups excluding carboxylic acids is 1. The Hall–Kier alpha value is -1.35. The minimum absolute atomic E-state index is 0.159. The van der Waals surface area contributed by atoms with Crippen molar-refractivity contribution >= 4 is 5.97 Å². The first-order valence-electron chi connectivity index (χ1n) is 6.67. The molecule has 3 heteroatoms. The molecule has 3 unspecified atom stereocenters. The average molecular weight is 264 g/mol. The molecule has 1 N–H and O–H groups in total. The van der Waals surface area contributed by atoms with Gasteiger partial charge in [-0.15, -0.1) is 0 Å². The molecule has 1 aromatic carbocycles. The number of hydrogen-bond acceptors (Lipinski definition) is 3. The summed E-state index contributed by atoms with van der Waals surface area (Å²) < 4.78 is 5.63. The topological polar surface area (TPSA) is 46.5 Å². The van der Waals surface area contributed by atoms with Gasteiger partial charge in [0.1, 0.15) is 6.10 Å². The molecule has 0 aromatic heterocycles. The smallest absolute Gasteiger partial charge is 0.311 e. The number of carbonyl (C=O) groups is 1. The van der Waals surface area contributed by atoms with Crippen molar-refractivity contribution in [3.8, 4) is 0 Å². The standard InChI is InChI=1S/C16H24O3/c1-11(12(2)17)14(13-9-7-6-8-10-13)19-15(18)16(3,4)5/h6-12,14,17H,1-5H3. The molecule has 19 heavy (non-hydrogen) atoms. The Morgan fingerprint density at radius 2 is 1.68 bits per heavy atom. The highest BCUT2D eigenvalue weighted by molar-refractivity contribution is 5.75. The predicted molar refractivity (Wildman–Crippen MR) is 75.6 cm³/mol. The number of rotatable bonds is 4. The second kappa shape index (κ2) is 6.20. The van der Waals surface area contributed by atoms with Crippen LogP contribution >= 0.6 is 0 Å². The summed E-state index contributed by atoms with van der Waals surface area (Å²) in [6.45, 7) is 9.07. The fourth-order valence-electron chi connectivity index (χ4n) is 1.67. The number of aliphatic hydroxyl groups is 1. The van der Waals surface area contributed by atoms with Crippen LogP contribution in [0.2, 0.25) is 0 Å². The molecule has 0 radical (unpaired) electrons. The third-order valence-electron chi connectivity index (χ3n) is 3.21. The molecule has 106 valence electrons. The van der Waals surface area contributed by atoms with E-state index in [-0.39, 0.29) is 11.9 Å². The number of ether oxygens (including phenoxy) is 1. The van der Waals surface area contributed by atoms with Crippen LogP contribution in [0.5, 0.6) is 0 Å². The highest BCUT2D eigenvalue weighted by atomic mass is 16.5. The molecule has 0 saturated heterocycles. The van der Waals surface area contributed by atoms with Gasteiger partial charge in [0, 0.05) is 5.92 Å². The Balaban J connectivity index is 2.98. The molecule has 1 rings (SSSR count). The third-order valence-corrected chi connectivity index (χ3v) is 3.21. The minimum Gasteiger partial charge on any atom is -0.457 e. The van der Waals surface area contributed by atoms with Gasteiger partial charge in [0.2, 0.25) is 0 Å². The third kappa shape index (κ3) is 4.35. The summed E-state index contributed by atoms with van der Waals surface area (Å²) in [6.07, 6.45) is -0.967. The molecule has 0 spiro atoms. The van der Waals surface area contributed by atoms with E-state index in [1.165, 1.54) is 0 Å². The van der Waals surface area contributed by atoms with E-state index in [2.05, 4.69) is 0 Å². The molecule has 1 aromatic rings. The Kier molecular flexibility index (Phi) is 5.12. The van der Waals surface area contributed by atoms with Gasteiger partial charge >= 0.3 is 5.97 Å². The molecule has 3 atom stereocenters. The summed E-state index contributed by atoms with van der Waals surface area (Å²) in [5.74, 6) is -0.414. The average Bonchev–Trinajstić information content (AvgIpc) is 2.34. The first-order chi connectivity index (χ1) is 8.73. The zero-order valence-corrected chi connectivity index (χ0v) is 12.4. The molecule has 3 nitrogen and oxygen atoms in total. The normalized spacial score (nSPS) is 16.5. The van der Waals surface area contributed by atoms with Gasteiger partial charge < -0.3 is 9.84 Å². The largest absolute Gasteiger partial charge is 0.457 e. The van der Waals surface area contributed by atoms with Crippen molar-refractivity contribution in [2.75, 3.05) is 0 Å². The van der Waals surface area contributed by atoms with E-state index < -0.39 is 17.6 Å². The first-order valence-corrected chi connectivity index (χ1v) is 6.67. The van der Waals surface area contributed by atoms with Gasteiger partial charge in [-0.05, 0) is 33.3 Å².